The Morgan fingerprint density at radius 3 is 1.81 bits per heavy atom. The first kappa shape index (κ1) is 22.6. The monoisotopic (exact) mass is 483 g/mol. The van der Waals surface area contributed by atoms with E-state index in [0.717, 1.165) is 22.7 Å². The quantitative estimate of drug-likeness (QED) is 0.345. The van der Waals surface area contributed by atoms with E-state index in [2.05, 4.69) is 0 Å². The zero-order chi connectivity index (χ0) is 23.6. The molecule has 1 aliphatic carbocycles. The maximum absolute atomic E-state index is 15.0. The Bertz CT molecular complexity index is 1310. The highest BCUT2D eigenvalue weighted by Crippen LogP contribution is 2.66. The largest absolute Gasteiger partial charge is 0.380 e. The van der Waals surface area contributed by atoms with Crippen LogP contribution in [0.5, 0.6) is 0 Å². The van der Waals surface area contributed by atoms with E-state index in [1.165, 1.54) is 32.0 Å². The number of thiophene rings is 2. The van der Waals surface area contributed by atoms with Crippen LogP contribution in [0.15, 0.2) is 36.4 Å². The molecule has 166 valence electrons. The van der Waals surface area contributed by atoms with E-state index in [-0.39, 0.29) is 26.4 Å². The highest BCUT2D eigenvalue weighted by Gasteiger charge is 2.80. The van der Waals surface area contributed by atoms with Gasteiger partial charge >= 0.3 is 17.8 Å². The first-order valence-electron chi connectivity index (χ1n) is 9.41. The minimum Gasteiger partial charge on any atom is -0.194 e. The molecule has 1 nitrogen and oxygen atoms in total. The van der Waals surface area contributed by atoms with E-state index in [1.54, 1.807) is 25.1 Å². The van der Waals surface area contributed by atoms with Gasteiger partial charge in [0.1, 0.15) is 0 Å². The molecule has 0 radical (unpaired) electrons. The first-order valence-corrected chi connectivity index (χ1v) is 11.0. The molecule has 32 heavy (non-hydrogen) atoms. The number of alkyl halides is 6. The van der Waals surface area contributed by atoms with Crippen molar-refractivity contribution in [1.82, 2.24) is 0 Å². The van der Waals surface area contributed by atoms with E-state index in [1.807, 2.05) is 6.07 Å². The summed E-state index contributed by atoms with van der Waals surface area (Å²) in [7, 11) is 0. The second kappa shape index (κ2) is 7.22. The van der Waals surface area contributed by atoms with Crippen molar-refractivity contribution < 1.29 is 26.3 Å². The van der Waals surface area contributed by atoms with Gasteiger partial charge in [-0.2, -0.15) is 31.6 Å². The molecule has 0 atom stereocenters. The van der Waals surface area contributed by atoms with Crippen molar-refractivity contribution in [2.24, 2.45) is 0 Å². The van der Waals surface area contributed by atoms with Gasteiger partial charge in [-0.25, -0.2) is 0 Å². The van der Waals surface area contributed by atoms with E-state index in [0.29, 0.717) is 15.3 Å². The van der Waals surface area contributed by atoms with Crippen molar-refractivity contribution in [2.45, 2.75) is 38.5 Å². The maximum Gasteiger partial charge on any atom is 0.380 e. The summed E-state index contributed by atoms with van der Waals surface area (Å²) in [5.41, 5.74) is -2.68. The standard InChI is InChI=1S/C23H15F6NS2/c1-11-8-16(12(2)31-11)19-20(22(26,27)23(28,29)21(19,24)25)17-9-18(32-13(17)3)15-7-5-4-6-14(15)10-30/h4-9H,1-3H3. The number of hydrogen-bond donors (Lipinski definition) is 0. The Morgan fingerprint density at radius 1 is 0.750 bits per heavy atom. The summed E-state index contributed by atoms with van der Waals surface area (Å²) in [4.78, 5) is 1.34. The molecule has 0 spiro atoms. The Balaban J connectivity index is 2.06. The zero-order valence-electron chi connectivity index (χ0n) is 17.0. The Kier molecular flexibility index (Phi) is 5.10. The number of benzene rings is 1. The molecule has 0 saturated heterocycles. The van der Waals surface area contributed by atoms with Gasteiger partial charge in [0.25, 0.3) is 0 Å². The summed E-state index contributed by atoms with van der Waals surface area (Å²) in [6.45, 7) is 4.45. The summed E-state index contributed by atoms with van der Waals surface area (Å²) in [6, 6.07) is 10.8. The van der Waals surface area contributed by atoms with Crippen LogP contribution in [0, 0.1) is 32.1 Å². The van der Waals surface area contributed by atoms with Gasteiger partial charge < -0.3 is 0 Å². The normalized spacial score (nSPS) is 18.8. The summed E-state index contributed by atoms with van der Waals surface area (Å²) >= 11 is 2.06. The van der Waals surface area contributed by atoms with Crippen molar-refractivity contribution in [3.63, 3.8) is 0 Å². The van der Waals surface area contributed by atoms with E-state index >= 15 is 8.78 Å². The molecule has 2 heterocycles. The van der Waals surface area contributed by atoms with Crippen molar-refractivity contribution in [2.75, 3.05) is 0 Å². The molecule has 1 aromatic carbocycles. The maximum atomic E-state index is 15.0. The molecule has 0 unspecified atom stereocenters. The molecule has 0 saturated carbocycles. The van der Waals surface area contributed by atoms with Crippen LogP contribution < -0.4 is 0 Å². The Hall–Kier alpha value is -2.57. The number of allylic oxidation sites excluding steroid dienone is 2. The molecular weight excluding hydrogens is 468 g/mol. The lowest BCUT2D eigenvalue weighted by Gasteiger charge is -2.25. The minimum absolute atomic E-state index is 0.179. The highest BCUT2D eigenvalue weighted by atomic mass is 32.1. The fraction of sp³-hybridized carbons (Fsp3) is 0.261. The average Bonchev–Trinajstić information content (AvgIpc) is 3.28. The second-order valence-electron chi connectivity index (χ2n) is 7.54. The molecule has 9 heteroatoms. The fourth-order valence-corrected chi connectivity index (χ4v) is 5.97. The minimum atomic E-state index is -5.59. The van der Waals surface area contributed by atoms with E-state index in [9.17, 15) is 22.8 Å². The fourth-order valence-electron chi connectivity index (χ4n) is 3.97. The first-order chi connectivity index (χ1) is 14.8. The molecule has 0 N–H and O–H groups in total. The Labute approximate surface area is 188 Å². The van der Waals surface area contributed by atoms with Gasteiger partial charge in [-0.05, 0) is 50.1 Å². The van der Waals surface area contributed by atoms with Crippen molar-refractivity contribution in [3.05, 3.63) is 67.7 Å². The van der Waals surface area contributed by atoms with Crippen LogP contribution in [0.2, 0.25) is 0 Å². The third-order valence-corrected chi connectivity index (χ3v) is 7.53. The van der Waals surface area contributed by atoms with Crippen LogP contribution in [-0.4, -0.2) is 17.8 Å². The van der Waals surface area contributed by atoms with Gasteiger partial charge in [-0.1, -0.05) is 18.2 Å². The van der Waals surface area contributed by atoms with Crippen molar-refractivity contribution in [3.8, 4) is 16.5 Å². The van der Waals surface area contributed by atoms with Gasteiger partial charge in [0, 0.05) is 36.2 Å². The topological polar surface area (TPSA) is 23.8 Å². The van der Waals surface area contributed by atoms with Gasteiger partial charge in [0.05, 0.1) is 11.6 Å². The van der Waals surface area contributed by atoms with Crippen LogP contribution >= 0.6 is 22.7 Å². The third kappa shape index (κ3) is 2.96. The van der Waals surface area contributed by atoms with Gasteiger partial charge in [0.2, 0.25) is 0 Å². The number of halogens is 6. The molecule has 0 bridgehead atoms. The number of nitrogens with zero attached hydrogens (tertiary/aromatic N) is 1. The van der Waals surface area contributed by atoms with E-state index in [4.69, 9.17) is 0 Å². The predicted octanol–water partition coefficient (Wildman–Crippen LogP) is 8.10. The number of nitriles is 1. The predicted molar refractivity (Wildman–Crippen MR) is 115 cm³/mol. The molecule has 4 rings (SSSR count). The molecular formula is C23H15F6NS2. The molecule has 0 aliphatic heterocycles. The smallest absolute Gasteiger partial charge is 0.194 e. The number of hydrogen-bond acceptors (Lipinski definition) is 3. The number of aryl methyl sites for hydroxylation is 3. The average molecular weight is 484 g/mol. The summed E-state index contributed by atoms with van der Waals surface area (Å²) < 4.78 is 89.0. The Morgan fingerprint density at radius 2 is 1.28 bits per heavy atom. The highest BCUT2D eigenvalue weighted by molar-refractivity contribution is 7.15. The van der Waals surface area contributed by atoms with Crippen LogP contribution in [0.4, 0.5) is 26.3 Å². The lowest BCUT2D eigenvalue weighted by atomic mass is 9.94. The summed E-state index contributed by atoms with van der Waals surface area (Å²) in [5, 5.41) is 9.34. The van der Waals surface area contributed by atoms with Gasteiger partial charge in [-0.3, -0.25) is 0 Å². The lowest BCUT2D eigenvalue weighted by Crippen LogP contribution is -2.48. The van der Waals surface area contributed by atoms with Gasteiger partial charge in [0.15, 0.2) is 0 Å². The van der Waals surface area contributed by atoms with Gasteiger partial charge in [-0.15, -0.1) is 22.7 Å². The molecule has 0 fully saturated rings. The zero-order valence-corrected chi connectivity index (χ0v) is 18.6. The van der Waals surface area contributed by atoms with Crippen LogP contribution in [0.25, 0.3) is 21.6 Å². The molecule has 0 amide bonds. The molecule has 3 aromatic rings. The molecule has 2 aromatic heterocycles. The van der Waals surface area contributed by atoms with Crippen molar-refractivity contribution in [1.29, 1.82) is 5.26 Å². The summed E-state index contributed by atoms with van der Waals surface area (Å²) in [5.74, 6) is -15.7. The molecule has 1 aliphatic rings. The van der Waals surface area contributed by atoms with E-state index < -0.39 is 28.9 Å². The second-order valence-corrected chi connectivity index (χ2v) is 10.3. The van der Waals surface area contributed by atoms with Crippen LogP contribution in [0.3, 0.4) is 0 Å². The van der Waals surface area contributed by atoms with Crippen LogP contribution in [-0.2, 0) is 0 Å². The lowest BCUT2D eigenvalue weighted by molar-refractivity contribution is -0.254. The third-order valence-electron chi connectivity index (χ3n) is 5.48. The number of rotatable bonds is 3. The summed E-state index contributed by atoms with van der Waals surface area (Å²) in [6.07, 6.45) is 0. The SMILES string of the molecule is Cc1cc(C2=C(c3cc(-c4ccccc4C#N)sc3C)C(F)(F)C(F)(F)C2(F)F)c(C)s1. The van der Waals surface area contributed by atoms with Crippen LogP contribution in [0.1, 0.15) is 31.3 Å². The van der Waals surface area contributed by atoms with Crippen molar-refractivity contribution >= 4 is 33.8 Å².